The number of carbonyl (C=O) groups is 1. The minimum Gasteiger partial charge on any atom is -0.464 e. The number of ether oxygens (including phenoxy) is 1. The van der Waals surface area contributed by atoms with Crippen LogP contribution >= 0.6 is 0 Å². The molecule has 1 aromatic heterocycles. The van der Waals surface area contributed by atoms with Gasteiger partial charge in [-0.05, 0) is 24.3 Å². The molecule has 0 aliphatic heterocycles. The van der Waals surface area contributed by atoms with Crippen molar-refractivity contribution >= 4 is 21.5 Å². The van der Waals surface area contributed by atoms with Gasteiger partial charge >= 0.3 is 5.97 Å². The van der Waals surface area contributed by atoms with Crippen LogP contribution in [0.15, 0.2) is 35.4 Å². The average Bonchev–Trinajstić information content (AvgIpc) is 2.82. The molecule has 0 aliphatic carbocycles. The second-order valence-electron chi connectivity index (χ2n) is 4.54. The summed E-state index contributed by atoms with van der Waals surface area (Å²) in [4.78, 5) is 12.0. The summed E-state index contributed by atoms with van der Waals surface area (Å²) in [5.41, 5.74) is 6.44. The lowest BCUT2D eigenvalue weighted by Crippen LogP contribution is -2.11. The Hall–Kier alpha value is -2.79. The Morgan fingerprint density at radius 3 is 2.36 bits per heavy atom. The third kappa shape index (κ3) is 2.66. The molecule has 1 aromatic carbocycles. The Labute approximate surface area is 127 Å². The molecule has 1 heterocycles. The largest absolute Gasteiger partial charge is 0.464 e. The standard InChI is InChI=1S/C14H13N3O4S/c1-21-14(18)13-12(16)9(7-15)8-17(13)10-3-5-11(6-4-10)22(2,19)20/h3-6,8H,16H2,1-2H3. The first-order valence-corrected chi connectivity index (χ1v) is 7.98. The Balaban J connectivity index is 2.62. The van der Waals surface area contributed by atoms with E-state index in [1.807, 2.05) is 6.07 Å². The molecule has 7 nitrogen and oxygen atoms in total. The van der Waals surface area contributed by atoms with Crippen LogP contribution in [0.5, 0.6) is 0 Å². The normalized spacial score (nSPS) is 11.0. The third-order valence-electron chi connectivity index (χ3n) is 3.09. The van der Waals surface area contributed by atoms with Crippen LogP contribution in [-0.4, -0.2) is 32.3 Å². The van der Waals surface area contributed by atoms with Crippen molar-refractivity contribution in [3.8, 4) is 11.8 Å². The van der Waals surface area contributed by atoms with E-state index in [1.165, 1.54) is 42.1 Å². The van der Waals surface area contributed by atoms with Crippen molar-refractivity contribution in [3.05, 3.63) is 41.7 Å². The third-order valence-corrected chi connectivity index (χ3v) is 4.22. The molecule has 114 valence electrons. The number of anilines is 1. The second-order valence-corrected chi connectivity index (χ2v) is 6.56. The van der Waals surface area contributed by atoms with Crippen molar-refractivity contribution in [2.75, 3.05) is 19.1 Å². The van der Waals surface area contributed by atoms with E-state index < -0.39 is 15.8 Å². The van der Waals surface area contributed by atoms with Crippen LogP contribution in [0.25, 0.3) is 5.69 Å². The molecule has 0 atom stereocenters. The quantitative estimate of drug-likeness (QED) is 0.848. The van der Waals surface area contributed by atoms with Crippen molar-refractivity contribution in [3.63, 3.8) is 0 Å². The minimum atomic E-state index is -3.32. The van der Waals surface area contributed by atoms with Crippen LogP contribution in [0.4, 0.5) is 5.69 Å². The molecular weight excluding hydrogens is 306 g/mol. The smallest absolute Gasteiger partial charge is 0.357 e. The van der Waals surface area contributed by atoms with E-state index >= 15 is 0 Å². The predicted octanol–water partition coefficient (Wildman–Crippen LogP) is 1.12. The van der Waals surface area contributed by atoms with Crippen molar-refractivity contribution in [2.45, 2.75) is 4.90 Å². The fraction of sp³-hybridized carbons (Fsp3) is 0.143. The number of benzene rings is 1. The molecular formula is C14H13N3O4S. The molecule has 0 saturated carbocycles. The first kappa shape index (κ1) is 15.6. The number of nitrogen functional groups attached to an aromatic ring is 1. The lowest BCUT2D eigenvalue weighted by Gasteiger charge is -2.09. The molecule has 0 aliphatic rings. The number of aromatic nitrogens is 1. The van der Waals surface area contributed by atoms with Crippen LogP contribution in [0.1, 0.15) is 16.1 Å². The molecule has 0 radical (unpaired) electrons. The number of sulfone groups is 1. The highest BCUT2D eigenvalue weighted by atomic mass is 32.2. The molecule has 0 amide bonds. The monoisotopic (exact) mass is 319 g/mol. The summed E-state index contributed by atoms with van der Waals surface area (Å²) in [6.45, 7) is 0. The van der Waals surface area contributed by atoms with E-state index in [0.29, 0.717) is 5.69 Å². The second kappa shape index (κ2) is 5.54. The van der Waals surface area contributed by atoms with Gasteiger partial charge in [0.15, 0.2) is 15.5 Å². The number of hydrogen-bond acceptors (Lipinski definition) is 6. The summed E-state index contributed by atoms with van der Waals surface area (Å²) in [5.74, 6) is -0.689. The first-order chi connectivity index (χ1) is 10.3. The zero-order valence-corrected chi connectivity index (χ0v) is 12.7. The number of esters is 1. The Kier molecular flexibility index (Phi) is 3.93. The highest BCUT2D eigenvalue weighted by Gasteiger charge is 2.21. The zero-order valence-electron chi connectivity index (χ0n) is 11.9. The van der Waals surface area contributed by atoms with E-state index in [0.717, 1.165) is 6.26 Å². The highest BCUT2D eigenvalue weighted by molar-refractivity contribution is 7.90. The highest BCUT2D eigenvalue weighted by Crippen LogP contribution is 2.25. The van der Waals surface area contributed by atoms with Crippen LogP contribution in [0, 0.1) is 11.3 Å². The summed E-state index contributed by atoms with van der Waals surface area (Å²) in [5, 5.41) is 9.03. The van der Waals surface area contributed by atoms with E-state index in [-0.39, 0.29) is 21.8 Å². The van der Waals surface area contributed by atoms with Crippen molar-refractivity contribution in [2.24, 2.45) is 0 Å². The van der Waals surface area contributed by atoms with Crippen molar-refractivity contribution in [1.29, 1.82) is 5.26 Å². The first-order valence-electron chi connectivity index (χ1n) is 6.09. The van der Waals surface area contributed by atoms with Crippen molar-refractivity contribution < 1.29 is 17.9 Å². The molecule has 2 rings (SSSR count). The van der Waals surface area contributed by atoms with Crippen molar-refractivity contribution in [1.82, 2.24) is 4.57 Å². The maximum absolute atomic E-state index is 11.9. The number of nitrogens with zero attached hydrogens (tertiary/aromatic N) is 2. The van der Waals surface area contributed by atoms with Gasteiger partial charge in [0.05, 0.1) is 23.3 Å². The summed E-state index contributed by atoms with van der Waals surface area (Å²) < 4.78 is 29.0. The fourth-order valence-electron chi connectivity index (χ4n) is 1.97. The molecule has 0 unspecified atom stereocenters. The summed E-state index contributed by atoms with van der Waals surface area (Å²) >= 11 is 0. The maximum atomic E-state index is 11.9. The zero-order chi connectivity index (χ0) is 16.5. The van der Waals surface area contributed by atoms with Crippen LogP contribution in [0.3, 0.4) is 0 Å². The van der Waals surface area contributed by atoms with E-state index in [9.17, 15) is 13.2 Å². The van der Waals surface area contributed by atoms with Gasteiger partial charge in [0.1, 0.15) is 6.07 Å². The maximum Gasteiger partial charge on any atom is 0.357 e. The summed E-state index contributed by atoms with van der Waals surface area (Å²) in [7, 11) is -2.11. The predicted molar refractivity (Wildman–Crippen MR) is 79.3 cm³/mol. The van der Waals surface area contributed by atoms with E-state index in [2.05, 4.69) is 4.74 Å². The Morgan fingerprint density at radius 1 is 1.32 bits per heavy atom. The van der Waals surface area contributed by atoms with Gasteiger partial charge in [-0.2, -0.15) is 5.26 Å². The number of rotatable bonds is 3. The van der Waals surface area contributed by atoms with E-state index in [1.54, 1.807) is 0 Å². The topological polar surface area (TPSA) is 115 Å². The van der Waals surface area contributed by atoms with Crippen LogP contribution in [-0.2, 0) is 14.6 Å². The number of nitrogens with two attached hydrogens (primary N) is 1. The lowest BCUT2D eigenvalue weighted by molar-refractivity contribution is 0.0593. The number of hydrogen-bond donors (Lipinski definition) is 1. The SMILES string of the molecule is COC(=O)c1c(N)c(C#N)cn1-c1ccc(S(C)(=O)=O)cc1. The molecule has 2 aromatic rings. The average molecular weight is 319 g/mol. The Morgan fingerprint density at radius 2 is 1.91 bits per heavy atom. The van der Waals surface area contributed by atoms with Gasteiger partial charge in [-0.25, -0.2) is 13.2 Å². The molecule has 0 fully saturated rings. The van der Waals surface area contributed by atoms with Crippen LogP contribution < -0.4 is 5.73 Å². The lowest BCUT2D eigenvalue weighted by atomic mass is 10.2. The number of methoxy groups -OCH3 is 1. The molecule has 2 N–H and O–H groups in total. The number of carbonyl (C=O) groups excluding carboxylic acids is 1. The van der Waals surface area contributed by atoms with Gasteiger partial charge in [0.2, 0.25) is 0 Å². The summed E-state index contributed by atoms with van der Waals surface area (Å²) in [6, 6.07) is 7.75. The van der Waals surface area contributed by atoms with Gasteiger partial charge in [-0.1, -0.05) is 0 Å². The number of nitriles is 1. The van der Waals surface area contributed by atoms with Gasteiger partial charge in [0, 0.05) is 18.1 Å². The molecule has 22 heavy (non-hydrogen) atoms. The van der Waals surface area contributed by atoms with Gasteiger partial charge in [-0.15, -0.1) is 0 Å². The van der Waals surface area contributed by atoms with E-state index in [4.69, 9.17) is 11.0 Å². The van der Waals surface area contributed by atoms with Gasteiger partial charge in [-0.3, -0.25) is 0 Å². The molecule has 0 saturated heterocycles. The molecule has 8 heteroatoms. The Bertz CT molecular complexity index is 874. The minimum absolute atomic E-state index is 0.0153. The van der Waals surface area contributed by atoms with Crippen LogP contribution in [0.2, 0.25) is 0 Å². The van der Waals surface area contributed by atoms with Gasteiger partial charge < -0.3 is 15.0 Å². The molecule has 0 bridgehead atoms. The molecule has 0 spiro atoms. The summed E-state index contributed by atoms with van der Waals surface area (Å²) in [6.07, 6.45) is 2.50. The fourth-order valence-corrected chi connectivity index (χ4v) is 2.60. The van der Waals surface area contributed by atoms with Gasteiger partial charge in [0.25, 0.3) is 0 Å².